The van der Waals surface area contributed by atoms with Crippen molar-refractivity contribution in [3.05, 3.63) is 36.2 Å². The molecule has 0 bridgehead atoms. The van der Waals surface area contributed by atoms with Gasteiger partial charge in [0, 0.05) is 25.7 Å². The highest BCUT2D eigenvalue weighted by Gasteiger charge is 2.19. The molecule has 0 spiro atoms. The lowest BCUT2D eigenvalue weighted by atomic mass is 10.1. The molecule has 0 atom stereocenters. The summed E-state index contributed by atoms with van der Waals surface area (Å²) >= 11 is 0. The zero-order chi connectivity index (χ0) is 13.9. The lowest BCUT2D eigenvalue weighted by Crippen LogP contribution is -2.35. The summed E-state index contributed by atoms with van der Waals surface area (Å²) in [6.07, 6.45) is 1.57. The van der Waals surface area contributed by atoms with Gasteiger partial charge in [-0.3, -0.25) is 4.90 Å². The molecule has 1 N–H and O–H groups in total. The minimum atomic E-state index is -0.134. The van der Waals surface area contributed by atoms with Gasteiger partial charge in [0.05, 0.1) is 12.6 Å². The quantitative estimate of drug-likeness (QED) is 0.918. The predicted molar refractivity (Wildman–Crippen MR) is 77.0 cm³/mol. The highest BCUT2D eigenvalue weighted by molar-refractivity contribution is 5.54. The average molecular weight is 272 g/mol. The van der Waals surface area contributed by atoms with Crippen LogP contribution >= 0.6 is 0 Å². The fourth-order valence-corrected chi connectivity index (χ4v) is 2.62. The smallest absolute Gasteiger partial charge is 0.163 e. The Morgan fingerprint density at radius 3 is 2.55 bits per heavy atom. The third kappa shape index (κ3) is 2.73. The first-order valence-electron chi connectivity index (χ1n) is 7.08. The molecular weight excluding hydrogens is 252 g/mol. The molecule has 3 rings (SSSR count). The maximum Gasteiger partial charge on any atom is 0.163 e. The first-order valence-corrected chi connectivity index (χ1v) is 7.08. The van der Waals surface area contributed by atoms with E-state index in [-0.39, 0.29) is 6.10 Å². The second-order valence-corrected chi connectivity index (χ2v) is 5.37. The summed E-state index contributed by atoms with van der Waals surface area (Å²) in [5.74, 6) is 1.87. The Kier molecular flexibility index (Phi) is 3.80. The molecule has 20 heavy (non-hydrogen) atoms. The van der Waals surface area contributed by atoms with Gasteiger partial charge in [-0.2, -0.15) is 0 Å². The van der Waals surface area contributed by atoms with Crippen LogP contribution in [0, 0.1) is 0 Å². The zero-order valence-corrected chi connectivity index (χ0v) is 11.7. The van der Waals surface area contributed by atoms with Crippen LogP contribution in [0.4, 0.5) is 0 Å². The van der Waals surface area contributed by atoms with Crippen molar-refractivity contribution in [2.75, 3.05) is 13.1 Å². The van der Waals surface area contributed by atoms with E-state index in [4.69, 9.17) is 0 Å². The molecule has 0 saturated carbocycles. The molecule has 1 aliphatic heterocycles. The van der Waals surface area contributed by atoms with Gasteiger partial charge in [-0.15, -0.1) is 10.2 Å². The SMILES string of the molecule is Cn1c(CN2CCC(O)CC2)nnc1-c1ccccc1. The second kappa shape index (κ2) is 5.73. The number of likely N-dealkylation sites (tertiary alicyclic amines) is 1. The van der Waals surface area contributed by atoms with Gasteiger partial charge in [0.15, 0.2) is 5.82 Å². The summed E-state index contributed by atoms with van der Waals surface area (Å²) in [5, 5.41) is 18.2. The highest BCUT2D eigenvalue weighted by atomic mass is 16.3. The van der Waals surface area contributed by atoms with Crippen molar-refractivity contribution < 1.29 is 5.11 Å². The van der Waals surface area contributed by atoms with Crippen molar-refractivity contribution in [2.45, 2.75) is 25.5 Å². The number of benzene rings is 1. The lowest BCUT2D eigenvalue weighted by molar-refractivity contribution is 0.0776. The minimum absolute atomic E-state index is 0.134. The molecule has 1 fully saturated rings. The van der Waals surface area contributed by atoms with Gasteiger partial charge in [0.1, 0.15) is 5.82 Å². The molecule has 1 aromatic heterocycles. The molecule has 2 aromatic rings. The van der Waals surface area contributed by atoms with Gasteiger partial charge >= 0.3 is 0 Å². The van der Waals surface area contributed by atoms with Crippen molar-refractivity contribution >= 4 is 0 Å². The molecule has 1 aliphatic rings. The minimum Gasteiger partial charge on any atom is -0.393 e. The summed E-state index contributed by atoms with van der Waals surface area (Å²) in [7, 11) is 2.01. The number of hydrogen-bond acceptors (Lipinski definition) is 4. The maximum atomic E-state index is 9.54. The lowest BCUT2D eigenvalue weighted by Gasteiger charge is -2.28. The van der Waals surface area contributed by atoms with Crippen LogP contribution in [0.15, 0.2) is 30.3 Å². The monoisotopic (exact) mass is 272 g/mol. The fraction of sp³-hybridized carbons (Fsp3) is 0.467. The molecule has 5 nitrogen and oxygen atoms in total. The third-order valence-corrected chi connectivity index (χ3v) is 3.92. The summed E-state index contributed by atoms with van der Waals surface area (Å²) in [5.41, 5.74) is 1.09. The topological polar surface area (TPSA) is 54.2 Å². The second-order valence-electron chi connectivity index (χ2n) is 5.37. The summed E-state index contributed by atoms with van der Waals surface area (Å²) < 4.78 is 2.06. The Balaban J connectivity index is 1.74. The van der Waals surface area contributed by atoms with E-state index in [1.54, 1.807) is 0 Å². The molecule has 0 unspecified atom stereocenters. The molecule has 106 valence electrons. The van der Waals surface area contributed by atoms with Crippen LogP contribution in [0.25, 0.3) is 11.4 Å². The molecule has 0 amide bonds. The van der Waals surface area contributed by atoms with E-state index >= 15 is 0 Å². The fourth-order valence-electron chi connectivity index (χ4n) is 2.62. The molecular formula is C15H20N4O. The molecule has 5 heteroatoms. The first-order chi connectivity index (χ1) is 9.74. The van der Waals surface area contributed by atoms with E-state index in [0.29, 0.717) is 0 Å². The number of piperidine rings is 1. The Morgan fingerprint density at radius 1 is 1.15 bits per heavy atom. The van der Waals surface area contributed by atoms with Crippen molar-refractivity contribution in [1.29, 1.82) is 0 Å². The van der Waals surface area contributed by atoms with Crippen LogP contribution < -0.4 is 0 Å². The normalized spacial score (nSPS) is 17.5. The summed E-state index contributed by atoms with van der Waals surface area (Å²) in [6.45, 7) is 2.65. The van der Waals surface area contributed by atoms with Crippen LogP contribution in [-0.4, -0.2) is 44.0 Å². The highest BCUT2D eigenvalue weighted by Crippen LogP contribution is 2.18. The first kappa shape index (κ1) is 13.3. The largest absolute Gasteiger partial charge is 0.393 e. The number of aliphatic hydroxyl groups excluding tert-OH is 1. The van der Waals surface area contributed by atoms with Crippen molar-refractivity contribution in [1.82, 2.24) is 19.7 Å². The van der Waals surface area contributed by atoms with Crippen molar-refractivity contribution in [3.63, 3.8) is 0 Å². The van der Waals surface area contributed by atoms with E-state index in [1.807, 2.05) is 37.4 Å². The Labute approximate surface area is 118 Å². The third-order valence-electron chi connectivity index (χ3n) is 3.92. The van der Waals surface area contributed by atoms with Gasteiger partial charge < -0.3 is 9.67 Å². The zero-order valence-electron chi connectivity index (χ0n) is 11.7. The Hall–Kier alpha value is -1.72. The van der Waals surface area contributed by atoms with Crippen molar-refractivity contribution in [3.8, 4) is 11.4 Å². The van der Waals surface area contributed by atoms with E-state index < -0.39 is 0 Å². The van der Waals surface area contributed by atoms with Gasteiger partial charge in [0.2, 0.25) is 0 Å². The number of rotatable bonds is 3. The molecule has 0 aliphatic carbocycles. The molecule has 1 aromatic carbocycles. The molecule has 1 saturated heterocycles. The van der Waals surface area contributed by atoms with E-state index in [0.717, 1.165) is 49.7 Å². The summed E-state index contributed by atoms with van der Waals surface area (Å²) in [4.78, 5) is 2.32. The van der Waals surface area contributed by atoms with Gasteiger partial charge in [-0.05, 0) is 12.8 Å². The average Bonchev–Trinajstić information content (AvgIpc) is 2.84. The van der Waals surface area contributed by atoms with Gasteiger partial charge in [-0.1, -0.05) is 30.3 Å². The van der Waals surface area contributed by atoms with Gasteiger partial charge in [-0.25, -0.2) is 0 Å². The van der Waals surface area contributed by atoms with E-state index in [2.05, 4.69) is 19.7 Å². The van der Waals surface area contributed by atoms with Crippen LogP contribution in [0.2, 0.25) is 0 Å². The maximum absolute atomic E-state index is 9.54. The summed E-state index contributed by atoms with van der Waals surface area (Å²) in [6, 6.07) is 10.1. The van der Waals surface area contributed by atoms with Crippen LogP contribution in [0.3, 0.4) is 0 Å². The number of nitrogens with zero attached hydrogens (tertiary/aromatic N) is 4. The number of hydrogen-bond donors (Lipinski definition) is 1. The predicted octanol–water partition coefficient (Wildman–Crippen LogP) is 1.44. The Morgan fingerprint density at radius 2 is 1.85 bits per heavy atom. The van der Waals surface area contributed by atoms with Crippen LogP contribution in [0.1, 0.15) is 18.7 Å². The van der Waals surface area contributed by atoms with Crippen LogP contribution in [0.5, 0.6) is 0 Å². The standard InChI is InChI=1S/C15H20N4O/c1-18-14(11-19-9-7-13(20)8-10-19)16-17-15(18)12-5-3-2-4-6-12/h2-6,13,20H,7-11H2,1H3. The van der Waals surface area contributed by atoms with Crippen molar-refractivity contribution in [2.24, 2.45) is 7.05 Å². The number of aromatic nitrogens is 3. The molecule has 0 radical (unpaired) electrons. The Bertz CT molecular complexity index is 559. The number of aliphatic hydroxyl groups is 1. The van der Waals surface area contributed by atoms with Gasteiger partial charge in [0.25, 0.3) is 0 Å². The molecule has 2 heterocycles. The van der Waals surface area contributed by atoms with E-state index in [9.17, 15) is 5.11 Å². The van der Waals surface area contributed by atoms with Crippen LogP contribution in [-0.2, 0) is 13.6 Å². The van der Waals surface area contributed by atoms with E-state index in [1.165, 1.54) is 0 Å².